The van der Waals surface area contributed by atoms with Gasteiger partial charge < -0.3 is 15.3 Å². The van der Waals surface area contributed by atoms with E-state index in [1.165, 1.54) is 4.90 Å². The Morgan fingerprint density at radius 2 is 1.94 bits per heavy atom. The lowest BCUT2D eigenvalue weighted by Crippen LogP contribution is -2.46. The lowest BCUT2D eigenvalue weighted by atomic mass is 10.2. The van der Waals surface area contributed by atoms with E-state index in [9.17, 15) is 9.59 Å². The zero-order valence-electron chi connectivity index (χ0n) is 10.3. The number of hydrogen-bond acceptors (Lipinski definition) is 2. The van der Waals surface area contributed by atoms with Gasteiger partial charge in [-0.05, 0) is 12.8 Å². The molecule has 0 radical (unpaired) electrons. The summed E-state index contributed by atoms with van der Waals surface area (Å²) in [6.45, 7) is 4.59. The molecule has 0 saturated heterocycles. The molecule has 0 fully saturated rings. The first-order valence-corrected chi connectivity index (χ1v) is 5.77. The maximum atomic E-state index is 11.6. The highest BCUT2D eigenvalue weighted by Gasteiger charge is 2.20. The Labute approximate surface area is 96.8 Å². The van der Waals surface area contributed by atoms with Gasteiger partial charge in [-0.25, -0.2) is 9.59 Å². The van der Waals surface area contributed by atoms with E-state index in [-0.39, 0.29) is 6.03 Å². The van der Waals surface area contributed by atoms with Crippen molar-refractivity contribution in [2.45, 2.75) is 45.6 Å². The van der Waals surface area contributed by atoms with E-state index in [0.717, 1.165) is 19.3 Å². The van der Waals surface area contributed by atoms with Crippen LogP contribution in [-0.4, -0.2) is 41.6 Å². The molecule has 5 heteroatoms. The van der Waals surface area contributed by atoms with Crippen LogP contribution in [0.4, 0.5) is 4.79 Å². The highest BCUT2D eigenvalue weighted by atomic mass is 16.4. The van der Waals surface area contributed by atoms with Crippen LogP contribution in [-0.2, 0) is 4.79 Å². The first-order chi connectivity index (χ1) is 7.52. The second-order valence-corrected chi connectivity index (χ2v) is 3.90. The minimum absolute atomic E-state index is 0.311. The predicted molar refractivity (Wildman–Crippen MR) is 62.4 cm³/mol. The van der Waals surface area contributed by atoms with Gasteiger partial charge in [0.15, 0.2) is 0 Å². The number of nitrogens with zero attached hydrogens (tertiary/aromatic N) is 1. The SMILES string of the molecule is CCCCN(C)C(=O)N[C@H](CCC)C(=O)O. The minimum atomic E-state index is -0.973. The summed E-state index contributed by atoms with van der Waals surface area (Å²) < 4.78 is 0. The fourth-order valence-electron chi connectivity index (χ4n) is 1.30. The molecular formula is C11H22N2O3. The lowest BCUT2D eigenvalue weighted by molar-refractivity contribution is -0.139. The number of urea groups is 1. The third-order valence-corrected chi connectivity index (χ3v) is 2.37. The van der Waals surface area contributed by atoms with Gasteiger partial charge in [0.1, 0.15) is 6.04 Å². The molecule has 0 aromatic heterocycles. The third-order valence-electron chi connectivity index (χ3n) is 2.37. The maximum Gasteiger partial charge on any atom is 0.326 e. The summed E-state index contributed by atoms with van der Waals surface area (Å²) in [5, 5.41) is 11.4. The number of carbonyl (C=O) groups excluding carboxylic acids is 1. The summed E-state index contributed by atoms with van der Waals surface area (Å²) in [6, 6.07) is -1.09. The lowest BCUT2D eigenvalue weighted by Gasteiger charge is -2.20. The number of carbonyl (C=O) groups is 2. The summed E-state index contributed by atoms with van der Waals surface area (Å²) >= 11 is 0. The van der Waals surface area contributed by atoms with Crippen LogP contribution in [0.3, 0.4) is 0 Å². The van der Waals surface area contributed by atoms with Crippen LogP contribution in [0, 0.1) is 0 Å². The standard InChI is InChI=1S/C11H22N2O3/c1-4-6-8-13(3)11(16)12-9(7-5-2)10(14)15/h9H,4-8H2,1-3H3,(H,12,16)(H,14,15)/t9-/m1/s1. The molecule has 0 rings (SSSR count). The zero-order valence-corrected chi connectivity index (χ0v) is 10.3. The van der Waals surface area contributed by atoms with E-state index in [2.05, 4.69) is 5.32 Å². The van der Waals surface area contributed by atoms with Crippen molar-refractivity contribution in [3.05, 3.63) is 0 Å². The van der Waals surface area contributed by atoms with Gasteiger partial charge in [-0.3, -0.25) is 0 Å². The molecular weight excluding hydrogens is 208 g/mol. The van der Waals surface area contributed by atoms with Crippen LogP contribution in [0.2, 0.25) is 0 Å². The quantitative estimate of drug-likeness (QED) is 0.699. The van der Waals surface area contributed by atoms with E-state index in [1.807, 2.05) is 13.8 Å². The van der Waals surface area contributed by atoms with Crippen LogP contribution in [0.15, 0.2) is 0 Å². The van der Waals surface area contributed by atoms with E-state index in [1.54, 1.807) is 7.05 Å². The van der Waals surface area contributed by atoms with Crippen LogP contribution in [0.5, 0.6) is 0 Å². The van der Waals surface area contributed by atoms with Crippen LogP contribution in [0.25, 0.3) is 0 Å². The summed E-state index contributed by atoms with van der Waals surface area (Å²) in [6.07, 6.45) is 3.13. The van der Waals surface area contributed by atoms with Gasteiger partial charge in [0, 0.05) is 13.6 Å². The van der Waals surface area contributed by atoms with E-state index in [0.29, 0.717) is 13.0 Å². The van der Waals surface area contributed by atoms with Crippen molar-refractivity contribution < 1.29 is 14.7 Å². The Bertz CT molecular complexity index is 231. The molecule has 16 heavy (non-hydrogen) atoms. The number of carboxylic acid groups (broad SMARTS) is 1. The van der Waals surface area contributed by atoms with E-state index >= 15 is 0 Å². The van der Waals surface area contributed by atoms with Crippen molar-refractivity contribution in [3.63, 3.8) is 0 Å². The number of unbranched alkanes of at least 4 members (excludes halogenated alkanes) is 1. The first-order valence-electron chi connectivity index (χ1n) is 5.77. The highest BCUT2D eigenvalue weighted by Crippen LogP contribution is 1.99. The van der Waals surface area contributed by atoms with Gasteiger partial charge in [0.25, 0.3) is 0 Å². The normalized spacial score (nSPS) is 11.9. The molecule has 0 aliphatic heterocycles. The summed E-state index contributed by atoms with van der Waals surface area (Å²) in [5.41, 5.74) is 0. The first kappa shape index (κ1) is 14.7. The number of aliphatic carboxylic acids is 1. The van der Waals surface area contributed by atoms with Gasteiger partial charge in [0.05, 0.1) is 0 Å². The molecule has 0 aromatic rings. The molecule has 0 bridgehead atoms. The topological polar surface area (TPSA) is 69.6 Å². The molecule has 1 atom stereocenters. The van der Waals surface area contributed by atoms with Crippen LogP contribution >= 0.6 is 0 Å². The molecule has 5 nitrogen and oxygen atoms in total. The maximum absolute atomic E-state index is 11.6. The second kappa shape index (κ2) is 7.96. The molecule has 0 aromatic carbocycles. The van der Waals surface area contributed by atoms with Gasteiger partial charge in [-0.2, -0.15) is 0 Å². The largest absolute Gasteiger partial charge is 0.480 e. The fourth-order valence-corrected chi connectivity index (χ4v) is 1.30. The van der Waals surface area contributed by atoms with Crippen molar-refractivity contribution in [3.8, 4) is 0 Å². The average molecular weight is 230 g/mol. The molecule has 94 valence electrons. The van der Waals surface area contributed by atoms with Crippen LogP contribution < -0.4 is 5.32 Å². The minimum Gasteiger partial charge on any atom is -0.480 e. The Hall–Kier alpha value is -1.26. The summed E-state index contributed by atoms with van der Waals surface area (Å²) in [4.78, 5) is 23.9. The number of rotatable bonds is 7. The van der Waals surface area contributed by atoms with Crippen molar-refractivity contribution >= 4 is 12.0 Å². The third kappa shape index (κ3) is 5.58. The molecule has 0 unspecified atom stereocenters. The van der Waals surface area contributed by atoms with Crippen molar-refractivity contribution in [2.75, 3.05) is 13.6 Å². The molecule has 0 aliphatic carbocycles. The number of hydrogen-bond donors (Lipinski definition) is 2. The zero-order chi connectivity index (χ0) is 12.6. The Balaban J connectivity index is 4.12. The fraction of sp³-hybridized carbons (Fsp3) is 0.818. The molecule has 0 heterocycles. The molecule has 2 N–H and O–H groups in total. The molecule has 0 saturated carbocycles. The Morgan fingerprint density at radius 1 is 1.31 bits per heavy atom. The summed E-state index contributed by atoms with van der Waals surface area (Å²) in [5.74, 6) is -0.973. The number of carboxylic acids is 1. The smallest absolute Gasteiger partial charge is 0.326 e. The van der Waals surface area contributed by atoms with E-state index in [4.69, 9.17) is 5.11 Å². The average Bonchev–Trinajstić information content (AvgIpc) is 2.24. The highest BCUT2D eigenvalue weighted by molar-refractivity contribution is 5.82. The predicted octanol–water partition coefficient (Wildman–Crippen LogP) is 1.68. The summed E-state index contributed by atoms with van der Waals surface area (Å²) in [7, 11) is 1.68. The Kier molecular flexibility index (Phi) is 7.33. The van der Waals surface area contributed by atoms with Crippen molar-refractivity contribution in [2.24, 2.45) is 0 Å². The molecule has 0 aliphatic rings. The van der Waals surface area contributed by atoms with Gasteiger partial charge in [-0.15, -0.1) is 0 Å². The van der Waals surface area contributed by atoms with Gasteiger partial charge in [0.2, 0.25) is 0 Å². The monoisotopic (exact) mass is 230 g/mol. The number of amides is 2. The van der Waals surface area contributed by atoms with E-state index < -0.39 is 12.0 Å². The molecule has 0 spiro atoms. The van der Waals surface area contributed by atoms with Crippen molar-refractivity contribution in [1.29, 1.82) is 0 Å². The van der Waals surface area contributed by atoms with Crippen molar-refractivity contribution in [1.82, 2.24) is 10.2 Å². The molecule has 2 amide bonds. The number of nitrogens with one attached hydrogen (secondary N) is 1. The Morgan fingerprint density at radius 3 is 2.38 bits per heavy atom. The van der Waals surface area contributed by atoms with Gasteiger partial charge in [-0.1, -0.05) is 26.7 Å². The van der Waals surface area contributed by atoms with Gasteiger partial charge >= 0.3 is 12.0 Å². The second-order valence-electron chi connectivity index (χ2n) is 3.90. The van der Waals surface area contributed by atoms with Crippen LogP contribution in [0.1, 0.15) is 39.5 Å².